The third-order valence-corrected chi connectivity index (χ3v) is 6.36. The molecule has 0 N–H and O–H groups in total. The van der Waals surface area contributed by atoms with Crippen LogP contribution in [0.4, 0.5) is 0 Å². The van der Waals surface area contributed by atoms with E-state index in [1.165, 1.54) is 0 Å². The third-order valence-electron chi connectivity index (χ3n) is 6.36. The largest absolute Gasteiger partial charge is 0.360 e. The van der Waals surface area contributed by atoms with Crippen LogP contribution in [0.3, 0.4) is 0 Å². The molecule has 3 aliphatic heterocycles. The molecule has 1 aromatic heterocycles. The standard InChI is InChI=1S/C20H27N3O4/c1-4-13(5-2)10-23-12-20-8-6-15(26-20)16(17(20)19(23)25)18(24)22(3)11-14-7-9-21-27-14/h6-9,13,15-17H,4-5,10-12H2,1-3H3/t15-,16-,17-,20-/m0/s1. The first-order valence-corrected chi connectivity index (χ1v) is 9.79. The van der Waals surface area contributed by atoms with Crippen molar-refractivity contribution in [3.05, 3.63) is 30.2 Å². The van der Waals surface area contributed by atoms with E-state index in [0.717, 1.165) is 19.4 Å². The summed E-state index contributed by atoms with van der Waals surface area (Å²) in [6.07, 6.45) is 7.28. The zero-order chi connectivity index (χ0) is 19.2. The van der Waals surface area contributed by atoms with Crippen molar-refractivity contribution in [1.82, 2.24) is 15.0 Å². The van der Waals surface area contributed by atoms with Crippen LogP contribution in [0.15, 0.2) is 28.9 Å². The molecule has 3 aliphatic rings. The molecule has 2 bridgehead atoms. The first-order chi connectivity index (χ1) is 13.0. The van der Waals surface area contributed by atoms with Crippen molar-refractivity contribution in [3.8, 4) is 0 Å². The first kappa shape index (κ1) is 18.2. The molecule has 146 valence electrons. The smallest absolute Gasteiger partial charge is 0.230 e. The van der Waals surface area contributed by atoms with Gasteiger partial charge in [-0.1, -0.05) is 44.0 Å². The molecule has 1 spiro atoms. The summed E-state index contributed by atoms with van der Waals surface area (Å²) < 4.78 is 11.3. The monoisotopic (exact) mass is 373 g/mol. The quantitative estimate of drug-likeness (QED) is 0.682. The Morgan fingerprint density at radius 3 is 2.89 bits per heavy atom. The van der Waals surface area contributed by atoms with Gasteiger partial charge in [0.15, 0.2) is 5.76 Å². The van der Waals surface area contributed by atoms with Gasteiger partial charge in [-0.3, -0.25) is 9.59 Å². The van der Waals surface area contributed by atoms with Crippen molar-refractivity contribution in [2.75, 3.05) is 20.1 Å². The van der Waals surface area contributed by atoms with Gasteiger partial charge in [0.25, 0.3) is 0 Å². The van der Waals surface area contributed by atoms with Crippen molar-refractivity contribution in [2.45, 2.75) is 44.9 Å². The van der Waals surface area contributed by atoms with Crippen LogP contribution >= 0.6 is 0 Å². The zero-order valence-corrected chi connectivity index (χ0v) is 16.1. The van der Waals surface area contributed by atoms with E-state index < -0.39 is 17.4 Å². The van der Waals surface area contributed by atoms with Crippen LogP contribution in [0, 0.1) is 17.8 Å². The summed E-state index contributed by atoms with van der Waals surface area (Å²) in [4.78, 5) is 29.9. The number of hydrogen-bond donors (Lipinski definition) is 0. The second kappa shape index (κ2) is 6.78. The molecular formula is C20H27N3O4. The highest BCUT2D eigenvalue weighted by Crippen LogP contribution is 2.52. The molecule has 7 heteroatoms. The SMILES string of the molecule is CCC(CC)CN1C[C@]23C=C[C@H](O2)[C@H](C(=O)N(C)Cc2ccno2)[C@H]3C1=O. The molecule has 0 unspecified atom stereocenters. The van der Waals surface area contributed by atoms with Crippen LogP contribution in [-0.4, -0.2) is 58.6 Å². The lowest BCUT2D eigenvalue weighted by atomic mass is 9.76. The molecule has 7 nitrogen and oxygen atoms in total. The molecule has 2 fully saturated rings. The average Bonchev–Trinajstić information content (AvgIpc) is 3.42. The second-order valence-corrected chi connectivity index (χ2v) is 7.97. The summed E-state index contributed by atoms with van der Waals surface area (Å²) in [5.41, 5.74) is -0.638. The molecule has 2 saturated heterocycles. The highest BCUT2D eigenvalue weighted by Gasteiger charge is 2.67. The lowest BCUT2D eigenvalue weighted by Gasteiger charge is -2.27. The van der Waals surface area contributed by atoms with Crippen molar-refractivity contribution in [2.24, 2.45) is 17.8 Å². The highest BCUT2D eigenvalue weighted by atomic mass is 16.5. The summed E-state index contributed by atoms with van der Waals surface area (Å²) in [5.74, 6) is 0.182. The molecule has 0 saturated carbocycles. The van der Waals surface area contributed by atoms with Crippen LogP contribution in [0.2, 0.25) is 0 Å². The normalized spacial score (nSPS) is 31.2. The predicted octanol–water partition coefficient (Wildman–Crippen LogP) is 1.85. The number of aromatic nitrogens is 1. The van der Waals surface area contributed by atoms with Gasteiger partial charge >= 0.3 is 0 Å². The Bertz CT molecular complexity index is 742. The third kappa shape index (κ3) is 2.88. The maximum Gasteiger partial charge on any atom is 0.230 e. The Labute approximate surface area is 159 Å². The van der Waals surface area contributed by atoms with E-state index >= 15 is 0 Å². The molecule has 27 heavy (non-hydrogen) atoms. The van der Waals surface area contributed by atoms with Crippen LogP contribution in [0.5, 0.6) is 0 Å². The van der Waals surface area contributed by atoms with E-state index in [2.05, 4.69) is 19.0 Å². The van der Waals surface area contributed by atoms with E-state index in [1.807, 2.05) is 17.1 Å². The molecule has 2 amide bonds. The van der Waals surface area contributed by atoms with Gasteiger partial charge in [-0.15, -0.1) is 0 Å². The Morgan fingerprint density at radius 2 is 2.22 bits per heavy atom. The Kier molecular flexibility index (Phi) is 4.58. The molecule has 1 aromatic rings. The average molecular weight is 373 g/mol. The van der Waals surface area contributed by atoms with Crippen molar-refractivity contribution < 1.29 is 18.8 Å². The van der Waals surface area contributed by atoms with E-state index in [4.69, 9.17) is 9.26 Å². The van der Waals surface area contributed by atoms with Crippen LogP contribution in [0.25, 0.3) is 0 Å². The minimum atomic E-state index is -0.638. The number of hydrogen-bond acceptors (Lipinski definition) is 5. The van der Waals surface area contributed by atoms with E-state index in [1.54, 1.807) is 24.2 Å². The zero-order valence-electron chi connectivity index (χ0n) is 16.1. The minimum absolute atomic E-state index is 0.0557. The van der Waals surface area contributed by atoms with Gasteiger partial charge in [-0.25, -0.2) is 0 Å². The van der Waals surface area contributed by atoms with E-state index in [0.29, 0.717) is 24.8 Å². The van der Waals surface area contributed by atoms with Crippen molar-refractivity contribution >= 4 is 11.8 Å². The molecule has 0 radical (unpaired) electrons. The van der Waals surface area contributed by atoms with Crippen LogP contribution in [0.1, 0.15) is 32.4 Å². The topological polar surface area (TPSA) is 75.9 Å². The number of carbonyl (C=O) groups excluding carboxylic acids is 2. The molecule has 4 rings (SSSR count). The predicted molar refractivity (Wildman–Crippen MR) is 97.4 cm³/mol. The van der Waals surface area contributed by atoms with Gasteiger partial charge in [0, 0.05) is 19.7 Å². The number of likely N-dealkylation sites (tertiary alicyclic amines) is 1. The summed E-state index contributed by atoms with van der Waals surface area (Å²) in [6.45, 7) is 5.93. The molecule has 0 aliphatic carbocycles. The van der Waals surface area contributed by atoms with Crippen LogP contribution in [-0.2, 0) is 20.9 Å². The van der Waals surface area contributed by atoms with E-state index in [-0.39, 0.29) is 17.9 Å². The molecule has 4 atom stereocenters. The molecule has 0 aromatic carbocycles. The summed E-state index contributed by atoms with van der Waals surface area (Å²) in [5, 5.41) is 3.68. The fourth-order valence-corrected chi connectivity index (χ4v) is 4.76. The van der Waals surface area contributed by atoms with Gasteiger partial charge in [0.2, 0.25) is 11.8 Å². The van der Waals surface area contributed by atoms with Gasteiger partial charge < -0.3 is 19.1 Å². The Balaban J connectivity index is 1.53. The Morgan fingerprint density at radius 1 is 1.44 bits per heavy atom. The number of ether oxygens (including phenoxy) is 1. The number of nitrogens with zero attached hydrogens (tertiary/aromatic N) is 3. The van der Waals surface area contributed by atoms with Gasteiger partial charge in [0.1, 0.15) is 5.60 Å². The minimum Gasteiger partial charge on any atom is -0.360 e. The number of rotatable bonds is 7. The molecular weight excluding hydrogens is 346 g/mol. The lowest BCUT2D eigenvalue weighted by molar-refractivity contribution is -0.143. The summed E-state index contributed by atoms with van der Waals surface area (Å²) >= 11 is 0. The van der Waals surface area contributed by atoms with Gasteiger partial charge in [0.05, 0.1) is 37.2 Å². The molecule has 4 heterocycles. The lowest BCUT2D eigenvalue weighted by Crippen LogP contribution is -2.44. The number of amides is 2. The Hall–Kier alpha value is -2.15. The van der Waals surface area contributed by atoms with Gasteiger partial charge in [-0.05, 0) is 5.92 Å². The maximum absolute atomic E-state index is 13.2. The fourth-order valence-electron chi connectivity index (χ4n) is 4.76. The first-order valence-electron chi connectivity index (χ1n) is 9.79. The highest BCUT2D eigenvalue weighted by molar-refractivity contribution is 5.93. The maximum atomic E-state index is 13.2. The second-order valence-electron chi connectivity index (χ2n) is 7.97. The fraction of sp³-hybridized carbons (Fsp3) is 0.650. The number of carbonyl (C=O) groups is 2. The summed E-state index contributed by atoms with van der Waals surface area (Å²) in [7, 11) is 1.73. The van der Waals surface area contributed by atoms with Crippen LogP contribution < -0.4 is 0 Å². The van der Waals surface area contributed by atoms with Crippen molar-refractivity contribution in [3.63, 3.8) is 0 Å². The summed E-state index contributed by atoms with van der Waals surface area (Å²) in [6, 6.07) is 1.74. The van der Waals surface area contributed by atoms with E-state index in [9.17, 15) is 9.59 Å². The van der Waals surface area contributed by atoms with Gasteiger partial charge in [-0.2, -0.15) is 0 Å². The number of fused-ring (bicyclic) bond motifs is 1. The van der Waals surface area contributed by atoms with Crippen molar-refractivity contribution in [1.29, 1.82) is 0 Å².